The summed E-state index contributed by atoms with van der Waals surface area (Å²) >= 11 is 8.35. The molecule has 102 valence electrons. The highest BCUT2D eigenvalue weighted by atomic mass is 35.5. The highest BCUT2D eigenvalue weighted by molar-refractivity contribution is 7.12. The number of halogens is 1. The van der Waals surface area contributed by atoms with Crippen LogP contribution >= 0.6 is 22.9 Å². The zero-order valence-electron chi connectivity index (χ0n) is 11.7. The van der Waals surface area contributed by atoms with Crippen molar-refractivity contribution in [3.05, 3.63) is 51.7 Å². The number of hydrogen-bond donors (Lipinski definition) is 0. The fourth-order valence-corrected chi connectivity index (χ4v) is 3.25. The number of ether oxygens (including phenoxy) is 1. The molecule has 1 aromatic heterocycles. The molecule has 0 radical (unpaired) electrons. The summed E-state index contributed by atoms with van der Waals surface area (Å²) in [6, 6.07) is 12.2. The summed E-state index contributed by atoms with van der Waals surface area (Å²) < 4.78 is 5.16. The molecule has 0 spiro atoms. The molecular weight excluding hydrogens is 276 g/mol. The number of methoxy groups -OCH3 is 1. The molecule has 0 fully saturated rings. The predicted molar refractivity (Wildman–Crippen MR) is 83.7 cm³/mol. The standard InChI is InChI=1S/C16H19ClOS/c1-16(2,3)14-10-9-13(19-14)15(17)11-5-7-12(18-4)8-6-11/h5-10,15H,1-4H3. The molecule has 1 heterocycles. The van der Waals surface area contributed by atoms with E-state index in [4.69, 9.17) is 16.3 Å². The van der Waals surface area contributed by atoms with Crippen molar-refractivity contribution in [2.24, 2.45) is 0 Å². The summed E-state index contributed by atoms with van der Waals surface area (Å²) in [6.45, 7) is 6.66. The van der Waals surface area contributed by atoms with Gasteiger partial charge in [0.1, 0.15) is 5.75 Å². The Balaban J connectivity index is 2.23. The van der Waals surface area contributed by atoms with Crippen LogP contribution in [0.3, 0.4) is 0 Å². The van der Waals surface area contributed by atoms with Gasteiger partial charge in [-0.3, -0.25) is 0 Å². The fraction of sp³-hybridized carbons (Fsp3) is 0.375. The van der Waals surface area contributed by atoms with Crippen molar-refractivity contribution in [3.8, 4) is 5.75 Å². The summed E-state index contributed by atoms with van der Waals surface area (Å²) in [6.07, 6.45) is 0. The zero-order valence-corrected chi connectivity index (χ0v) is 13.3. The van der Waals surface area contributed by atoms with Gasteiger partial charge in [-0.1, -0.05) is 32.9 Å². The monoisotopic (exact) mass is 294 g/mol. The summed E-state index contributed by atoms with van der Waals surface area (Å²) in [5.41, 5.74) is 1.28. The Morgan fingerprint density at radius 3 is 2.16 bits per heavy atom. The highest BCUT2D eigenvalue weighted by Gasteiger charge is 2.19. The van der Waals surface area contributed by atoms with E-state index in [2.05, 4.69) is 32.9 Å². The van der Waals surface area contributed by atoms with E-state index in [1.165, 1.54) is 9.75 Å². The van der Waals surface area contributed by atoms with E-state index in [1.54, 1.807) is 18.4 Å². The quantitative estimate of drug-likeness (QED) is 0.690. The van der Waals surface area contributed by atoms with Gasteiger partial charge in [0, 0.05) is 9.75 Å². The van der Waals surface area contributed by atoms with Gasteiger partial charge >= 0.3 is 0 Å². The second-order valence-electron chi connectivity index (χ2n) is 5.59. The van der Waals surface area contributed by atoms with Crippen LogP contribution in [0.5, 0.6) is 5.75 Å². The second kappa shape index (κ2) is 5.56. The Morgan fingerprint density at radius 1 is 1.05 bits per heavy atom. The minimum Gasteiger partial charge on any atom is -0.497 e. The van der Waals surface area contributed by atoms with Gasteiger partial charge in [-0.25, -0.2) is 0 Å². The van der Waals surface area contributed by atoms with Crippen molar-refractivity contribution >= 4 is 22.9 Å². The minimum atomic E-state index is -0.0907. The first kappa shape index (κ1) is 14.4. The molecule has 0 bridgehead atoms. The maximum absolute atomic E-state index is 6.56. The summed E-state index contributed by atoms with van der Waals surface area (Å²) in [4.78, 5) is 2.55. The van der Waals surface area contributed by atoms with Crippen LogP contribution in [0.1, 0.15) is 41.5 Å². The SMILES string of the molecule is COc1ccc(C(Cl)c2ccc(C(C)(C)C)s2)cc1. The van der Waals surface area contributed by atoms with Gasteiger partial charge in [-0.05, 0) is 35.2 Å². The van der Waals surface area contributed by atoms with Gasteiger partial charge in [-0.15, -0.1) is 22.9 Å². The lowest BCUT2D eigenvalue weighted by molar-refractivity contribution is 0.414. The molecular formula is C16H19ClOS. The molecule has 2 aromatic rings. The highest BCUT2D eigenvalue weighted by Crippen LogP contribution is 2.38. The lowest BCUT2D eigenvalue weighted by atomic mass is 9.95. The van der Waals surface area contributed by atoms with Crippen LogP contribution in [0.15, 0.2) is 36.4 Å². The summed E-state index contributed by atoms with van der Waals surface area (Å²) in [5, 5.41) is -0.0907. The third-order valence-electron chi connectivity index (χ3n) is 3.02. The van der Waals surface area contributed by atoms with Crippen molar-refractivity contribution in [1.29, 1.82) is 0 Å². The van der Waals surface area contributed by atoms with E-state index >= 15 is 0 Å². The molecule has 3 heteroatoms. The number of thiophene rings is 1. The first-order valence-corrected chi connectivity index (χ1v) is 7.55. The van der Waals surface area contributed by atoms with Crippen molar-refractivity contribution in [1.82, 2.24) is 0 Å². The number of alkyl halides is 1. The normalized spacial score (nSPS) is 13.3. The molecule has 0 N–H and O–H groups in total. The van der Waals surface area contributed by atoms with E-state index in [1.807, 2.05) is 24.3 Å². The molecule has 1 atom stereocenters. The van der Waals surface area contributed by atoms with Crippen LogP contribution in [0.4, 0.5) is 0 Å². The average molecular weight is 295 g/mol. The molecule has 19 heavy (non-hydrogen) atoms. The van der Waals surface area contributed by atoms with Gasteiger partial charge in [0.05, 0.1) is 12.5 Å². The zero-order chi connectivity index (χ0) is 14.0. The van der Waals surface area contributed by atoms with E-state index in [-0.39, 0.29) is 10.8 Å². The maximum atomic E-state index is 6.56. The van der Waals surface area contributed by atoms with Crippen LogP contribution in [-0.4, -0.2) is 7.11 Å². The topological polar surface area (TPSA) is 9.23 Å². The molecule has 1 aromatic carbocycles. The van der Waals surface area contributed by atoms with Crippen LogP contribution < -0.4 is 4.74 Å². The Morgan fingerprint density at radius 2 is 1.68 bits per heavy atom. The van der Waals surface area contributed by atoms with E-state index in [9.17, 15) is 0 Å². The van der Waals surface area contributed by atoms with Gasteiger partial charge in [0.2, 0.25) is 0 Å². The lowest BCUT2D eigenvalue weighted by Crippen LogP contribution is -2.07. The molecule has 0 aliphatic rings. The molecule has 1 nitrogen and oxygen atoms in total. The van der Waals surface area contributed by atoms with Crippen molar-refractivity contribution in [2.75, 3.05) is 7.11 Å². The first-order valence-electron chi connectivity index (χ1n) is 6.30. The summed E-state index contributed by atoms with van der Waals surface area (Å²) in [7, 11) is 1.67. The van der Waals surface area contributed by atoms with Crippen molar-refractivity contribution in [2.45, 2.75) is 31.6 Å². The van der Waals surface area contributed by atoms with Crippen LogP contribution in [-0.2, 0) is 5.41 Å². The summed E-state index contributed by atoms with van der Waals surface area (Å²) in [5.74, 6) is 0.856. The molecule has 0 saturated carbocycles. The third-order valence-corrected chi connectivity index (χ3v) is 5.22. The van der Waals surface area contributed by atoms with Gasteiger partial charge in [0.15, 0.2) is 0 Å². The molecule has 2 rings (SSSR count). The van der Waals surface area contributed by atoms with Crippen LogP contribution in [0.25, 0.3) is 0 Å². The Labute approximate surface area is 124 Å². The van der Waals surface area contributed by atoms with E-state index < -0.39 is 0 Å². The number of rotatable bonds is 3. The largest absolute Gasteiger partial charge is 0.497 e. The van der Waals surface area contributed by atoms with Crippen molar-refractivity contribution in [3.63, 3.8) is 0 Å². The smallest absolute Gasteiger partial charge is 0.118 e. The molecule has 0 aliphatic heterocycles. The number of benzene rings is 1. The predicted octanol–water partition coefficient (Wildman–Crippen LogP) is 5.38. The minimum absolute atomic E-state index is 0.0907. The molecule has 0 saturated heterocycles. The number of hydrogen-bond acceptors (Lipinski definition) is 2. The Kier molecular flexibility index (Phi) is 4.22. The average Bonchev–Trinajstić information content (AvgIpc) is 2.87. The van der Waals surface area contributed by atoms with Crippen LogP contribution in [0, 0.1) is 0 Å². The molecule has 0 aliphatic carbocycles. The van der Waals surface area contributed by atoms with Gasteiger partial charge < -0.3 is 4.74 Å². The third kappa shape index (κ3) is 3.31. The molecule has 1 unspecified atom stereocenters. The van der Waals surface area contributed by atoms with Gasteiger partial charge in [0.25, 0.3) is 0 Å². The van der Waals surface area contributed by atoms with Gasteiger partial charge in [-0.2, -0.15) is 0 Å². The Bertz CT molecular complexity index is 537. The fourth-order valence-electron chi connectivity index (χ4n) is 1.83. The van der Waals surface area contributed by atoms with E-state index in [0.717, 1.165) is 11.3 Å². The molecule has 0 amide bonds. The lowest BCUT2D eigenvalue weighted by Gasteiger charge is -2.15. The maximum Gasteiger partial charge on any atom is 0.118 e. The first-order chi connectivity index (χ1) is 8.91. The van der Waals surface area contributed by atoms with E-state index in [0.29, 0.717) is 0 Å². The Hall–Kier alpha value is -0.990. The second-order valence-corrected chi connectivity index (χ2v) is 7.14. The van der Waals surface area contributed by atoms with Crippen LogP contribution in [0.2, 0.25) is 0 Å². The van der Waals surface area contributed by atoms with Crippen molar-refractivity contribution < 1.29 is 4.74 Å².